The maximum atomic E-state index is 12.6. The molecule has 0 aliphatic heterocycles. The Morgan fingerprint density at radius 2 is 1.80 bits per heavy atom. The van der Waals surface area contributed by atoms with Gasteiger partial charge in [-0.1, -0.05) is 38.5 Å². The lowest BCUT2D eigenvalue weighted by Gasteiger charge is -2.14. The first kappa shape index (κ1) is 18.8. The van der Waals surface area contributed by atoms with Gasteiger partial charge in [-0.05, 0) is 49.6 Å². The highest BCUT2D eigenvalue weighted by Gasteiger charge is 2.13. The minimum Gasteiger partial charge on any atom is -0.490 e. The summed E-state index contributed by atoms with van der Waals surface area (Å²) < 4.78 is 11.4. The van der Waals surface area contributed by atoms with Crippen LogP contribution in [0.5, 0.6) is 11.5 Å². The molecule has 2 aromatic carbocycles. The van der Waals surface area contributed by atoms with Gasteiger partial charge >= 0.3 is 0 Å². The van der Waals surface area contributed by atoms with Gasteiger partial charge in [0.25, 0.3) is 5.91 Å². The number of unbranched alkanes of at least 4 members (excludes halogenated alkanes) is 1. The number of para-hydroxylation sites is 1. The minimum atomic E-state index is -0.151. The van der Waals surface area contributed by atoms with Gasteiger partial charge in [-0.15, -0.1) is 0 Å². The Balaban J connectivity index is 2.17. The molecule has 0 aromatic heterocycles. The fourth-order valence-corrected chi connectivity index (χ4v) is 2.51. The van der Waals surface area contributed by atoms with Gasteiger partial charge in [-0.2, -0.15) is 0 Å². The number of aryl methyl sites for hydroxylation is 1. The molecule has 4 heteroatoms. The van der Waals surface area contributed by atoms with E-state index in [2.05, 4.69) is 19.2 Å². The van der Waals surface area contributed by atoms with E-state index in [1.54, 1.807) is 18.2 Å². The number of hydrogen-bond donors (Lipinski definition) is 1. The molecule has 0 fully saturated rings. The predicted octanol–water partition coefficient (Wildman–Crippen LogP) is 5.08. The van der Waals surface area contributed by atoms with Crippen molar-refractivity contribution in [2.45, 2.75) is 40.0 Å². The standard InChI is InChI=1S/C21H27NO3/c1-4-7-14-25-19-13-12-17(15-20(19)24-6-3)21(23)22-18-11-9-8-10-16(18)5-2/h8-13,15H,4-7,14H2,1-3H3,(H,22,23). The van der Waals surface area contributed by atoms with Gasteiger partial charge in [0.2, 0.25) is 0 Å². The van der Waals surface area contributed by atoms with Crippen LogP contribution in [0.4, 0.5) is 5.69 Å². The van der Waals surface area contributed by atoms with Crippen LogP contribution in [0.1, 0.15) is 49.5 Å². The lowest BCUT2D eigenvalue weighted by Crippen LogP contribution is -2.13. The minimum absolute atomic E-state index is 0.151. The molecule has 2 rings (SSSR count). The van der Waals surface area contributed by atoms with E-state index >= 15 is 0 Å². The number of hydrogen-bond acceptors (Lipinski definition) is 3. The average Bonchev–Trinajstić information content (AvgIpc) is 2.63. The summed E-state index contributed by atoms with van der Waals surface area (Å²) >= 11 is 0. The average molecular weight is 341 g/mol. The van der Waals surface area contributed by atoms with Crippen molar-refractivity contribution < 1.29 is 14.3 Å². The molecule has 0 atom stereocenters. The van der Waals surface area contributed by atoms with Crippen molar-refractivity contribution in [3.63, 3.8) is 0 Å². The van der Waals surface area contributed by atoms with Gasteiger partial charge in [0.05, 0.1) is 13.2 Å². The molecule has 0 saturated heterocycles. The van der Waals surface area contributed by atoms with Crippen LogP contribution in [0.15, 0.2) is 42.5 Å². The van der Waals surface area contributed by atoms with E-state index < -0.39 is 0 Å². The third-order valence-electron chi connectivity index (χ3n) is 3.91. The Labute approximate surface area is 150 Å². The van der Waals surface area contributed by atoms with E-state index in [-0.39, 0.29) is 5.91 Å². The number of anilines is 1. The van der Waals surface area contributed by atoms with Crippen molar-refractivity contribution in [1.29, 1.82) is 0 Å². The summed E-state index contributed by atoms with van der Waals surface area (Å²) in [6, 6.07) is 13.2. The number of benzene rings is 2. The second-order valence-corrected chi connectivity index (χ2v) is 5.76. The van der Waals surface area contributed by atoms with Crippen LogP contribution in [0, 0.1) is 0 Å². The number of rotatable bonds is 9. The van der Waals surface area contributed by atoms with Crippen molar-refractivity contribution in [1.82, 2.24) is 0 Å². The third-order valence-corrected chi connectivity index (χ3v) is 3.91. The molecule has 1 N–H and O–H groups in total. The van der Waals surface area contributed by atoms with E-state index in [9.17, 15) is 4.79 Å². The van der Waals surface area contributed by atoms with Crippen LogP contribution in [0.3, 0.4) is 0 Å². The number of amides is 1. The van der Waals surface area contributed by atoms with Crippen LogP contribution < -0.4 is 14.8 Å². The SMILES string of the molecule is CCCCOc1ccc(C(=O)Nc2ccccc2CC)cc1OCC. The van der Waals surface area contributed by atoms with E-state index in [0.29, 0.717) is 30.3 Å². The number of carbonyl (C=O) groups excluding carboxylic acids is 1. The zero-order chi connectivity index (χ0) is 18.1. The van der Waals surface area contributed by atoms with Crippen molar-refractivity contribution >= 4 is 11.6 Å². The fraction of sp³-hybridized carbons (Fsp3) is 0.381. The Bertz CT molecular complexity index is 697. The molecule has 25 heavy (non-hydrogen) atoms. The summed E-state index contributed by atoms with van der Waals surface area (Å²) in [7, 11) is 0. The van der Waals surface area contributed by atoms with Crippen LogP contribution in [0.2, 0.25) is 0 Å². The largest absolute Gasteiger partial charge is 0.490 e. The lowest BCUT2D eigenvalue weighted by atomic mass is 10.1. The molecule has 2 aromatic rings. The first-order valence-corrected chi connectivity index (χ1v) is 8.98. The Hall–Kier alpha value is -2.49. The van der Waals surface area contributed by atoms with Gasteiger partial charge < -0.3 is 14.8 Å². The summed E-state index contributed by atoms with van der Waals surface area (Å²) in [5, 5.41) is 2.98. The van der Waals surface area contributed by atoms with E-state index in [1.807, 2.05) is 31.2 Å². The molecule has 0 heterocycles. The van der Waals surface area contributed by atoms with Crippen LogP contribution in [-0.2, 0) is 6.42 Å². The quantitative estimate of drug-likeness (QED) is 0.647. The Morgan fingerprint density at radius 3 is 2.52 bits per heavy atom. The summed E-state index contributed by atoms with van der Waals surface area (Å²) in [5.74, 6) is 1.14. The smallest absolute Gasteiger partial charge is 0.255 e. The molecule has 0 radical (unpaired) electrons. The summed E-state index contributed by atoms with van der Waals surface area (Å²) in [6.07, 6.45) is 2.92. The second kappa shape index (κ2) is 9.72. The molecule has 1 amide bonds. The molecule has 0 aliphatic carbocycles. The summed E-state index contributed by atoms with van der Waals surface area (Å²) in [6.45, 7) is 7.27. The highest BCUT2D eigenvalue weighted by Crippen LogP contribution is 2.29. The second-order valence-electron chi connectivity index (χ2n) is 5.76. The number of ether oxygens (including phenoxy) is 2. The monoisotopic (exact) mass is 341 g/mol. The first-order chi connectivity index (χ1) is 12.2. The molecule has 0 aliphatic rings. The Morgan fingerprint density at radius 1 is 1.00 bits per heavy atom. The number of carbonyl (C=O) groups is 1. The molecule has 0 saturated carbocycles. The molecule has 0 bridgehead atoms. The van der Waals surface area contributed by atoms with Gasteiger partial charge in [0.15, 0.2) is 11.5 Å². The van der Waals surface area contributed by atoms with E-state index in [0.717, 1.165) is 30.5 Å². The molecule has 0 spiro atoms. The van der Waals surface area contributed by atoms with Gasteiger partial charge in [-0.3, -0.25) is 4.79 Å². The van der Waals surface area contributed by atoms with Crippen molar-refractivity contribution in [3.05, 3.63) is 53.6 Å². The summed E-state index contributed by atoms with van der Waals surface area (Å²) in [5.41, 5.74) is 2.51. The van der Waals surface area contributed by atoms with Crippen molar-refractivity contribution in [3.8, 4) is 11.5 Å². The van der Waals surface area contributed by atoms with Crippen LogP contribution in [-0.4, -0.2) is 19.1 Å². The highest BCUT2D eigenvalue weighted by molar-refractivity contribution is 6.05. The van der Waals surface area contributed by atoms with E-state index in [4.69, 9.17) is 9.47 Å². The molecule has 0 unspecified atom stereocenters. The summed E-state index contributed by atoms with van der Waals surface area (Å²) in [4.78, 5) is 12.6. The van der Waals surface area contributed by atoms with Crippen molar-refractivity contribution in [2.24, 2.45) is 0 Å². The maximum absolute atomic E-state index is 12.6. The number of nitrogens with one attached hydrogen (secondary N) is 1. The maximum Gasteiger partial charge on any atom is 0.255 e. The van der Waals surface area contributed by atoms with Gasteiger partial charge in [-0.25, -0.2) is 0 Å². The molecule has 134 valence electrons. The van der Waals surface area contributed by atoms with Crippen molar-refractivity contribution in [2.75, 3.05) is 18.5 Å². The fourth-order valence-electron chi connectivity index (χ4n) is 2.51. The topological polar surface area (TPSA) is 47.6 Å². The molecule has 4 nitrogen and oxygen atoms in total. The first-order valence-electron chi connectivity index (χ1n) is 8.98. The third kappa shape index (κ3) is 5.24. The predicted molar refractivity (Wildman–Crippen MR) is 102 cm³/mol. The van der Waals surface area contributed by atoms with Crippen LogP contribution in [0.25, 0.3) is 0 Å². The molecular weight excluding hydrogens is 314 g/mol. The normalized spacial score (nSPS) is 10.4. The van der Waals surface area contributed by atoms with Gasteiger partial charge in [0, 0.05) is 11.3 Å². The molecular formula is C21H27NO3. The van der Waals surface area contributed by atoms with Crippen LogP contribution >= 0.6 is 0 Å². The zero-order valence-electron chi connectivity index (χ0n) is 15.3. The van der Waals surface area contributed by atoms with Gasteiger partial charge in [0.1, 0.15) is 0 Å². The Kier molecular flexibility index (Phi) is 7.33. The highest BCUT2D eigenvalue weighted by atomic mass is 16.5. The van der Waals surface area contributed by atoms with E-state index in [1.165, 1.54) is 0 Å². The zero-order valence-corrected chi connectivity index (χ0v) is 15.3. The lowest BCUT2D eigenvalue weighted by molar-refractivity contribution is 0.102.